The Morgan fingerprint density at radius 2 is 1.94 bits per heavy atom. The van der Waals surface area contributed by atoms with Crippen LogP contribution >= 0.6 is 12.2 Å². The number of thiocarbonyl (C=S) groups is 1. The minimum atomic E-state index is -3.24. The molecule has 1 aromatic carbocycles. The molecular formula is C11H16N2O2S2. The van der Waals surface area contributed by atoms with Crippen LogP contribution in [0.1, 0.15) is 25.3 Å². The van der Waals surface area contributed by atoms with Crippen molar-refractivity contribution in [2.75, 3.05) is 10.5 Å². The number of hydrogen-bond acceptors (Lipinski definition) is 3. The summed E-state index contributed by atoms with van der Waals surface area (Å²) in [4.78, 5) is 0.297. The summed E-state index contributed by atoms with van der Waals surface area (Å²) >= 11 is 4.81. The molecule has 0 bridgehead atoms. The van der Waals surface area contributed by atoms with Gasteiger partial charge in [-0.2, -0.15) is 0 Å². The summed E-state index contributed by atoms with van der Waals surface area (Å²) in [5, 5.41) is 0. The molecule has 1 rings (SSSR count). The summed E-state index contributed by atoms with van der Waals surface area (Å²) in [5.41, 5.74) is 6.70. The first-order chi connectivity index (χ1) is 7.94. The maximum absolute atomic E-state index is 11.6. The van der Waals surface area contributed by atoms with Gasteiger partial charge in [-0.15, -0.1) is 0 Å². The Bertz CT molecular complexity index is 481. The van der Waals surface area contributed by atoms with E-state index in [4.69, 9.17) is 18.0 Å². The van der Waals surface area contributed by atoms with E-state index in [0.29, 0.717) is 17.1 Å². The highest BCUT2D eigenvalue weighted by Gasteiger charge is 2.09. The van der Waals surface area contributed by atoms with Crippen LogP contribution in [0.15, 0.2) is 24.3 Å². The van der Waals surface area contributed by atoms with Crippen LogP contribution in [-0.2, 0) is 10.0 Å². The molecule has 6 heteroatoms. The predicted molar refractivity (Wildman–Crippen MR) is 74.6 cm³/mol. The lowest BCUT2D eigenvalue weighted by atomic mass is 10.2. The minimum Gasteiger partial charge on any atom is -0.389 e. The molecule has 0 aromatic heterocycles. The number of unbranched alkanes of at least 4 members (excludes halogenated alkanes) is 1. The molecule has 0 aliphatic heterocycles. The van der Waals surface area contributed by atoms with E-state index in [2.05, 4.69) is 4.72 Å². The fraction of sp³-hybridized carbons (Fsp3) is 0.364. The highest BCUT2D eigenvalue weighted by atomic mass is 32.2. The number of nitrogens with two attached hydrogens (primary N) is 1. The summed E-state index contributed by atoms with van der Waals surface area (Å²) in [6, 6.07) is 6.69. The van der Waals surface area contributed by atoms with Crippen molar-refractivity contribution >= 4 is 32.9 Å². The van der Waals surface area contributed by atoms with E-state index in [1.54, 1.807) is 24.3 Å². The van der Waals surface area contributed by atoms with E-state index >= 15 is 0 Å². The molecule has 0 aliphatic carbocycles. The van der Waals surface area contributed by atoms with Crippen molar-refractivity contribution in [1.82, 2.24) is 0 Å². The summed E-state index contributed by atoms with van der Waals surface area (Å²) in [6.45, 7) is 1.95. The molecular weight excluding hydrogens is 256 g/mol. The summed E-state index contributed by atoms with van der Waals surface area (Å²) < 4.78 is 25.7. The van der Waals surface area contributed by atoms with Gasteiger partial charge in [-0.1, -0.05) is 25.6 Å². The predicted octanol–water partition coefficient (Wildman–Crippen LogP) is 1.86. The van der Waals surface area contributed by atoms with Gasteiger partial charge in [0.05, 0.1) is 5.75 Å². The fourth-order valence-electron chi connectivity index (χ4n) is 1.27. The second-order valence-electron chi connectivity index (χ2n) is 3.72. The lowest BCUT2D eigenvalue weighted by molar-refractivity contribution is 0.598. The van der Waals surface area contributed by atoms with Gasteiger partial charge in [0.1, 0.15) is 4.99 Å². The maximum atomic E-state index is 11.6. The molecule has 0 unspecified atom stereocenters. The molecule has 0 fully saturated rings. The topological polar surface area (TPSA) is 72.2 Å². The molecule has 0 atom stereocenters. The standard InChI is InChI=1S/C11H16N2O2S2/c1-2-3-8-17(14,15)13-10-6-4-9(5-7-10)11(12)16/h4-7,13H,2-3,8H2,1H3,(H2,12,16). The van der Waals surface area contributed by atoms with Crippen molar-refractivity contribution in [1.29, 1.82) is 0 Å². The Hall–Kier alpha value is -1.14. The monoisotopic (exact) mass is 272 g/mol. The number of hydrogen-bond donors (Lipinski definition) is 2. The molecule has 0 heterocycles. The van der Waals surface area contributed by atoms with Gasteiger partial charge < -0.3 is 5.73 Å². The van der Waals surface area contributed by atoms with Gasteiger partial charge in [-0.3, -0.25) is 4.72 Å². The third-order valence-corrected chi connectivity index (χ3v) is 3.82. The Kier molecular flexibility index (Phi) is 4.89. The highest BCUT2D eigenvalue weighted by Crippen LogP contribution is 2.12. The second kappa shape index (κ2) is 5.97. The van der Waals surface area contributed by atoms with E-state index in [9.17, 15) is 8.42 Å². The molecule has 0 radical (unpaired) electrons. The van der Waals surface area contributed by atoms with Gasteiger partial charge in [-0.05, 0) is 30.7 Å². The first kappa shape index (κ1) is 13.9. The Morgan fingerprint density at radius 3 is 2.41 bits per heavy atom. The zero-order valence-corrected chi connectivity index (χ0v) is 11.3. The Labute approximate surface area is 107 Å². The number of nitrogens with one attached hydrogen (secondary N) is 1. The van der Waals surface area contributed by atoms with Crippen LogP contribution in [0.25, 0.3) is 0 Å². The smallest absolute Gasteiger partial charge is 0.232 e. The SMILES string of the molecule is CCCCS(=O)(=O)Nc1ccc(C(N)=S)cc1. The molecule has 17 heavy (non-hydrogen) atoms. The van der Waals surface area contributed by atoms with Gasteiger partial charge in [0.25, 0.3) is 0 Å². The zero-order valence-electron chi connectivity index (χ0n) is 9.64. The fourth-order valence-corrected chi connectivity index (χ4v) is 2.67. The lowest BCUT2D eigenvalue weighted by Gasteiger charge is -2.07. The second-order valence-corrected chi connectivity index (χ2v) is 6.00. The van der Waals surface area contributed by atoms with Gasteiger partial charge in [0, 0.05) is 11.3 Å². The van der Waals surface area contributed by atoms with Crippen molar-refractivity contribution in [2.45, 2.75) is 19.8 Å². The van der Waals surface area contributed by atoms with E-state index < -0.39 is 10.0 Å². The molecule has 0 amide bonds. The van der Waals surface area contributed by atoms with E-state index in [-0.39, 0.29) is 5.75 Å². The van der Waals surface area contributed by atoms with Gasteiger partial charge in [0.15, 0.2) is 0 Å². The van der Waals surface area contributed by atoms with E-state index in [1.807, 2.05) is 6.92 Å². The normalized spacial score (nSPS) is 11.1. The van der Waals surface area contributed by atoms with Crippen LogP contribution < -0.4 is 10.5 Å². The van der Waals surface area contributed by atoms with Crippen LogP contribution in [-0.4, -0.2) is 19.2 Å². The summed E-state index contributed by atoms with van der Waals surface area (Å²) in [5.74, 6) is 0.139. The molecule has 0 spiro atoms. The number of sulfonamides is 1. The van der Waals surface area contributed by atoms with Crippen LogP contribution in [0.2, 0.25) is 0 Å². The summed E-state index contributed by atoms with van der Waals surface area (Å²) in [7, 11) is -3.24. The molecule has 4 nitrogen and oxygen atoms in total. The van der Waals surface area contributed by atoms with Crippen LogP contribution in [0.3, 0.4) is 0 Å². The minimum absolute atomic E-state index is 0.139. The van der Waals surface area contributed by atoms with Crippen molar-refractivity contribution in [3.63, 3.8) is 0 Å². The Morgan fingerprint density at radius 1 is 1.35 bits per heavy atom. The van der Waals surface area contributed by atoms with Crippen molar-refractivity contribution < 1.29 is 8.42 Å². The number of anilines is 1. The zero-order chi connectivity index (χ0) is 12.9. The summed E-state index contributed by atoms with van der Waals surface area (Å²) in [6.07, 6.45) is 1.50. The molecule has 1 aromatic rings. The molecule has 0 aliphatic rings. The molecule has 0 saturated heterocycles. The van der Waals surface area contributed by atoms with Gasteiger partial charge in [-0.25, -0.2) is 8.42 Å². The van der Waals surface area contributed by atoms with E-state index in [1.165, 1.54) is 0 Å². The molecule has 3 N–H and O–H groups in total. The highest BCUT2D eigenvalue weighted by molar-refractivity contribution is 7.92. The Balaban J connectivity index is 2.72. The number of rotatable bonds is 6. The lowest BCUT2D eigenvalue weighted by Crippen LogP contribution is -2.16. The first-order valence-corrected chi connectivity index (χ1v) is 7.41. The van der Waals surface area contributed by atoms with Crippen LogP contribution in [0.4, 0.5) is 5.69 Å². The van der Waals surface area contributed by atoms with Gasteiger partial charge >= 0.3 is 0 Å². The van der Waals surface area contributed by atoms with Crippen LogP contribution in [0.5, 0.6) is 0 Å². The maximum Gasteiger partial charge on any atom is 0.232 e. The average Bonchev–Trinajstić information content (AvgIpc) is 2.26. The van der Waals surface area contributed by atoms with Gasteiger partial charge in [0.2, 0.25) is 10.0 Å². The van der Waals surface area contributed by atoms with Crippen molar-refractivity contribution in [3.8, 4) is 0 Å². The third-order valence-electron chi connectivity index (χ3n) is 2.21. The van der Waals surface area contributed by atoms with Crippen LogP contribution in [0, 0.1) is 0 Å². The molecule has 0 saturated carbocycles. The van der Waals surface area contributed by atoms with E-state index in [0.717, 1.165) is 12.0 Å². The third kappa shape index (κ3) is 4.70. The van der Waals surface area contributed by atoms with Crippen molar-refractivity contribution in [2.24, 2.45) is 5.73 Å². The largest absolute Gasteiger partial charge is 0.389 e. The number of benzene rings is 1. The quantitative estimate of drug-likeness (QED) is 0.775. The average molecular weight is 272 g/mol. The first-order valence-electron chi connectivity index (χ1n) is 5.35. The molecule has 94 valence electrons. The van der Waals surface area contributed by atoms with Crippen molar-refractivity contribution in [3.05, 3.63) is 29.8 Å².